The van der Waals surface area contributed by atoms with Crippen LogP contribution in [0.4, 0.5) is 0 Å². The molecule has 0 amide bonds. The number of rotatable bonds is 6. The molecule has 0 heterocycles. The topological polar surface area (TPSA) is 81.8 Å². The van der Waals surface area contributed by atoms with Crippen LogP contribution >= 0.6 is 0 Å². The molecule has 0 aliphatic heterocycles. The van der Waals surface area contributed by atoms with Crippen LogP contribution in [0.2, 0.25) is 0 Å². The summed E-state index contributed by atoms with van der Waals surface area (Å²) in [5.41, 5.74) is 6.35. The molecule has 2 aromatic carbocycles. The molecule has 2 aromatic rings. The number of carboxylic acid groups (broad SMARTS) is 1. The largest absolute Gasteiger partial charge is 0.497 e. The van der Waals surface area contributed by atoms with Crippen molar-refractivity contribution in [1.82, 2.24) is 0 Å². The predicted octanol–water partition coefficient (Wildman–Crippen LogP) is 2.44. The van der Waals surface area contributed by atoms with Crippen molar-refractivity contribution in [3.63, 3.8) is 0 Å². The summed E-state index contributed by atoms with van der Waals surface area (Å²) >= 11 is 0. The number of methoxy groups -OCH3 is 1. The highest BCUT2D eigenvalue weighted by Crippen LogP contribution is 2.25. The van der Waals surface area contributed by atoms with E-state index in [2.05, 4.69) is 0 Å². The number of hydrogen-bond donors (Lipinski definition) is 2. The fourth-order valence-electron chi connectivity index (χ4n) is 1.84. The van der Waals surface area contributed by atoms with Crippen LogP contribution in [0.1, 0.15) is 5.56 Å². The lowest BCUT2D eigenvalue weighted by Crippen LogP contribution is -2.32. The van der Waals surface area contributed by atoms with Gasteiger partial charge >= 0.3 is 5.97 Å². The van der Waals surface area contributed by atoms with E-state index in [1.54, 1.807) is 37.4 Å². The van der Waals surface area contributed by atoms with Crippen molar-refractivity contribution in [2.24, 2.45) is 5.73 Å². The van der Waals surface area contributed by atoms with Crippen LogP contribution in [-0.2, 0) is 11.2 Å². The Hall–Kier alpha value is -2.53. The normalized spacial score (nSPS) is 11.7. The second kappa shape index (κ2) is 6.76. The van der Waals surface area contributed by atoms with Gasteiger partial charge in [-0.05, 0) is 36.2 Å². The third-order valence-corrected chi connectivity index (χ3v) is 2.97. The number of carboxylic acids is 1. The summed E-state index contributed by atoms with van der Waals surface area (Å²) in [5.74, 6) is 1.04. The monoisotopic (exact) mass is 287 g/mol. The number of carbonyl (C=O) groups is 1. The van der Waals surface area contributed by atoms with Gasteiger partial charge in [-0.3, -0.25) is 4.79 Å². The van der Waals surface area contributed by atoms with Crippen molar-refractivity contribution in [3.05, 3.63) is 54.1 Å². The molecule has 0 aliphatic carbocycles. The molecule has 5 nitrogen and oxygen atoms in total. The Morgan fingerprint density at radius 2 is 1.81 bits per heavy atom. The van der Waals surface area contributed by atoms with Crippen LogP contribution in [0.25, 0.3) is 0 Å². The summed E-state index contributed by atoms with van der Waals surface area (Å²) in [6.07, 6.45) is 0.286. The van der Waals surface area contributed by atoms with Gasteiger partial charge in [-0.25, -0.2) is 0 Å². The van der Waals surface area contributed by atoms with E-state index in [1.165, 1.54) is 0 Å². The Labute approximate surface area is 122 Å². The molecule has 110 valence electrons. The van der Waals surface area contributed by atoms with Gasteiger partial charge in [-0.15, -0.1) is 0 Å². The average molecular weight is 287 g/mol. The predicted molar refractivity (Wildman–Crippen MR) is 78.8 cm³/mol. The maximum absolute atomic E-state index is 10.7. The molecule has 0 fully saturated rings. The fourth-order valence-corrected chi connectivity index (χ4v) is 1.84. The van der Waals surface area contributed by atoms with Gasteiger partial charge in [-0.2, -0.15) is 0 Å². The van der Waals surface area contributed by atoms with Crippen molar-refractivity contribution >= 4 is 5.97 Å². The smallest absolute Gasteiger partial charge is 0.320 e. The van der Waals surface area contributed by atoms with Crippen LogP contribution in [-0.4, -0.2) is 24.2 Å². The molecule has 0 aliphatic rings. The van der Waals surface area contributed by atoms with E-state index in [-0.39, 0.29) is 6.42 Å². The van der Waals surface area contributed by atoms with E-state index in [9.17, 15) is 4.79 Å². The number of nitrogens with two attached hydrogens (primary N) is 1. The molecular weight excluding hydrogens is 270 g/mol. The third-order valence-electron chi connectivity index (χ3n) is 2.97. The molecule has 0 spiro atoms. The summed E-state index contributed by atoms with van der Waals surface area (Å²) in [6, 6.07) is 13.6. The van der Waals surface area contributed by atoms with Crippen LogP contribution in [0.15, 0.2) is 48.5 Å². The van der Waals surface area contributed by atoms with Crippen LogP contribution in [0, 0.1) is 0 Å². The second-order valence-electron chi connectivity index (χ2n) is 4.57. The van der Waals surface area contributed by atoms with Crippen molar-refractivity contribution in [2.45, 2.75) is 12.5 Å². The maximum Gasteiger partial charge on any atom is 0.320 e. The molecule has 0 radical (unpaired) electrons. The molecule has 0 bridgehead atoms. The number of aliphatic carboxylic acids is 1. The average Bonchev–Trinajstić information content (AvgIpc) is 2.49. The minimum atomic E-state index is -1.01. The lowest BCUT2D eigenvalue weighted by Gasteiger charge is -2.09. The van der Waals surface area contributed by atoms with Crippen LogP contribution in [0.3, 0.4) is 0 Å². The first-order valence-corrected chi connectivity index (χ1v) is 6.47. The highest BCUT2D eigenvalue weighted by molar-refractivity contribution is 5.73. The van der Waals surface area contributed by atoms with Gasteiger partial charge in [0.25, 0.3) is 0 Å². The Kier molecular flexibility index (Phi) is 4.79. The first-order valence-electron chi connectivity index (χ1n) is 6.47. The van der Waals surface area contributed by atoms with Gasteiger partial charge in [0.05, 0.1) is 7.11 Å². The third kappa shape index (κ3) is 4.22. The van der Waals surface area contributed by atoms with Crippen molar-refractivity contribution in [3.8, 4) is 17.2 Å². The first kappa shape index (κ1) is 14.9. The van der Waals surface area contributed by atoms with Crippen molar-refractivity contribution in [1.29, 1.82) is 0 Å². The minimum Gasteiger partial charge on any atom is -0.497 e. The first-order chi connectivity index (χ1) is 10.1. The molecule has 5 heteroatoms. The zero-order chi connectivity index (χ0) is 15.2. The summed E-state index contributed by atoms with van der Waals surface area (Å²) < 4.78 is 10.8. The molecule has 1 atom stereocenters. The molecule has 3 N–H and O–H groups in total. The molecule has 1 unspecified atom stereocenters. The van der Waals surface area contributed by atoms with Gasteiger partial charge in [0.1, 0.15) is 23.3 Å². The number of hydrogen-bond acceptors (Lipinski definition) is 4. The second-order valence-corrected chi connectivity index (χ2v) is 4.57. The van der Waals surface area contributed by atoms with E-state index < -0.39 is 12.0 Å². The zero-order valence-corrected chi connectivity index (χ0v) is 11.7. The van der Waals surface area contributed by atoms with Crippen LogP contribution in [0.5, 0.6) is 17.2 Å². The quantitative estimate of drug-likeness (QED) is 0.852. The Morgan fingerprint density at radius 3 is 2.43 bits per heavy atom. The molecular formula is C16H17NO4. The lowest BCUT2D eigenvalue weighted by atomic mass is 10.1. The Morgan fingerprint density at radius 1 is 1.14 bits per heavy atom. The van der Waals surface area contributed by atoms with Gasteiger partial charge in [-0.1, -0.05) is 18.2 Å². The minimum absolute atomic E-state index is 0.286. The van der Waals surface area contributed by atoms with E-state index in [4.69, 9.17) is 20.3 Å². The Balaban J connectivity index is 2.03. The number of ether oxygens (including phenoxy) is 2. The SMILES string of the molecule is COc1cccc(Oc2ccc(CC(N)C(=O)O)cc2)c1. The molecule has 21 heavy (non-hydrogen) atoms. The Bertz CT molecular complexity index is 610. The molecule has 2 rings (SSSR count). The lowest BCUT2D eigenvalue weighted by molar-refractivity contribution is -0.138. The van der Waals surface area contributed by atoms with Gasteiger partial charge in [0, 0.05) is 6.07 Å². The van der Waals surface area contributed by atoms with Gasteiger partial charge < -0.3 is 20.3 Å². The van der Waals surface area contributed by atoms with Crippen LogP contribution < -0.4 is 15.2 Å². The fraction of sp³-hybridized carbons (Fsp3) is 0.188. The van der Waals surface area contributed by atoms with Crippen molar-refractivity contribution < 1.29 is 19.4 Å². The summed E-state index contributed by atoms with van der Waals surface area (Å²) in [4.78, 5) is 10.7. The van der Waals surface area contributed by atoms with E-state index in [0.29, 0.717) is 11.5 Å². The number of benzene rings is 2. The maximum atomic E-state index is 10.7. The zero-order valence-electron chi connectivity index (χ0n) is 11.7. The highest BCUT2D eigenvalue weighted by Gasteiger charge is 2.11. The van der Waals surface area contributed by atoms with E-state index in [1.807, 2.05) is 18.2 Å². The van der Waals surface area contributed by atoms with Gasteiger partial charge in [0.15, 0.2) is 0 Å². The highest BCUT2D eigenvalue weighted by atomic mass is 16.5. The van der Waals surface area contributed by atoms with Gasteiger partial charge in [0.2, 0.25) is 0 Å². The molecule has 0 aromatic heterocycles. The summed E-state index contributed by atoms with van der Waals surface area (Å²) in [6.45, 7) is 0. The van der Waals surface area contributed by atoms with E-state index >= 15 is 0 Å². The van der Waals surface area contributed by atoms with Crippen molar-refractivity contribution in [2.75, 3.05) is 7.11 Å². The summed E-state index contributed by atoms with van der Waals surface area (Å²) in [5, 5.41) is 8.78. The summed E-state index contributed by atoms with van der Waals surface area (Å²) in [7, 11) is 1.60. The van der Waals surface area contributed by atoms with E-state index in [0.717, 1.165) is 11.3 Å². The molecule has 0 saturated carbocycles. The standard InChI is InChI=1S/C16H17NO4/c1-20-13-3-2-4-14(10-13)21-12-7-5-11(6-8-12)9-15(17)16(18)19/h2-8,10,15H,9,17H2,1H3,(H,18,19). The molecule has 0 saturated heterocycles.